The van der Waals surface area contributed by atoms with E-state index >= 15 is 0 Å². The van der Waals surface area contributed by atoms with E-state index in [2.05, 4.69) is 20.6 Å². The number of nitrogens with one attached hydrogen (secondary N) is 2. The normalized spacial score (nSPS) is 10.4. The molecule has 0 aliphatic heterocycles. The number of hydrogen-bond acceptors (Lipinski definition) is 8. The fourth-order valence-electron chi connectivity index (χ4n) is 2.57. The Morgan fingerprint density at radius 1 is 1.07 bits per heavy atom. The van der Waals surface area contributed by atoms with Gasteiger partial charge in [-0.05, 0) is 31.2 Å². The molecule has 0 unspecified atom stereocenters. The van der Waals surface area contributed by atoms with Crippen LogP contribution in [-0.4, -0.2) is 27.5 Å². The van der Waals surface area contributed by atoms with E-state index in [0.29, 0.717) is 11.4 Å². The SMILES string of the molecule is CCOC(=O)c1ccccc1Nc1ncnc(Nc2cccc(Cl)c2Cl)c1[N+](=O)[O-]. The number of nitrogens with zero attached hydrogens (tertiary/aromatic N) is 3. The Bertz CT molecular complexity index is 1110. The minimum absolute atomic E-state index is 0.102. The van der Waals surface area contributed by atoms with Crippen molar-refractivity contribution >= 4 is 57.9 Å². The number of rotatable bonds is 7. The van der Waals surface area contributed by atoms with E-state index in [1.165, 1.54) is 6.07 Å². The van der Waals surface area contributed by atoms with Crippen molar-refractivity contribution in [3.05, 3.63) is 74.5 Å². The van der Waals surface area contributed by atoms with Gasteiger partial charge in [-0.3, -0.25) is 10.1 Å². The molecule has 0 radical (unpaired) electrons. The van der Waals surface area contributed by atoms with Crippen molar-refractivity contribution in [2.45, 2.75) is 6.92 Å². The van der Waals surface area contributed by atoms with Crippen LogP contribution < -0.4 is 10.6 Å². The van der Waals surface area contributed by atoms with Gasteiger partial charge in [0.05, 0.1) is 38.5 Å². The fraction of sp³-hybridized carbons (Fsp3) is 0.105. The molecule has 0 aliphatic carbocycles. The molecule has 3 aromatic rings. The Hall–Kier alpha value is -3.43. The van der Waals surface area contributed by atoms with Crippen molar-refractivity contribution in [2.75, 3.05) is 17.2 Å². The summed E-state index contributed by atoms with van der Waals surface area (Å²) in [6.45, 7) is 1.87. The molecule has 0 spiro atoms. The summed E-state index contributed by atoms with van der Waals surface area (Å²) in [4.78, 5) is 31.3. The Labute approximate surface area is 181 Å². The monoisotopic (exact) mass is 447 g/mol. The molecular weight excluding hydrogens is 433 g/mol. The third-order valence-electron chi connectivity index (χ3n) is 3.88. The van der Waals surface area contributed by atoms with Crippen LogP contribution in [0.5, 0.6) is 0 Å². The molecule has 0 bridgehead atoms. The van der Waals surface area contributed by atoms with E-state index in [9.17, 15) is 14.9 Å². The van der Waals surface area contributed by atoms with Gasteiger partial charge in [-0.2, -0.15) is 0 Å². The highest BCUT2D eigenvalue weighted by Gasteiger charge is 2.25. The Morgan fingerprint density at radius 3 is 2.37 bits per heavy atom. The van der Waals surface area contributed by atoms with Crippen molar-refractivity contribution in [1.29, 1.82) is 0 Å². The molecule has 2 N–H and O–H groups in total. The Balaban J connectivity index is 2.02. The predicted octanol–water partition coefficient (Wildman–Crippen LogP) is 5.36. The zero-order chi connectivity index (χ0) is 21.7. The van der Waals surface area contributed by atoms with Crippen LogP contribution in [0, 0.1) is 10.1 Å². The van der Waals surface area contributed by atoms with E-state index in [1.54, 1.807) is 43.3 Å². The molecule has 0 amide bonds. The van der Waals surface area contributed by atoms with Crippen molar-refractivity contribution in [1.82, 2.24) is 9.97 Å². The van der Waals surface area contributed by atoms with Crippen LogP contribution in [-0.2, 0) is 4.74 Å². The molecule has 1 heterocycles. The van der Waals surface area contributed by atoms with Gasteiger partial charge in [0, 0.05) is 0 Å². The predicted molar refractivity (Wildman–Crippen MR) is 114 cm³/mol. The number of para-hydroxylation sites is 1. The summed E-state index contributed by atoms with van der Waals surface area (Å²) in [5.74, 6) is -0.788. The molecule has 9 nitrogen and oxygen atoms in total. The topological polar surface area (TPSA) is 119 Å². The number of nitro groups is 1. The summed E-state index contributed by atoms with van der Waals surface area (Å²) >= 11 is 12.2. The Kier molecular flexibility index (Phi) is 6.65. The summed E-state index contributed by atoms with van der Waals surface area (Å²) in [5.41, 5.74) is 0.403. The zero-order valence-corrected chi connectivity index (χ0v) is 17.1. The maximum atomic E-state index is 12.2. The van der Waals surface area contributed by atoms with E-state index in [-0.39, 0.29) is 33.9 Å². The van der Waals surface area contributed by atoms with Crippen LogP contribution in [0.4, 0.5) is 28.7 Å². The average Bonchev–Trinajstić information content (AvgIpc) is 2.72. The first-order chi connectivity index (χ1) is 14.4. The molecule has 1 aromatic heterocycles. The molecule has 0 atom stereocenters. The van der Waals surface area contributed by atoms with E-state index < -0.39 is 16.6 Å². The van der Waals surface area contributed by atoms with E-state index in [0.717, 1.165) is 6.33 Å². The fourth-order valence-corrected chi connectivity index (χ4v) is 2.92. The lowest BCUT2D eigenvalue weighted by atomic mass is 10.2. The number of carbonyl (C=O) groups excluding carboxylic acids is 1. The van der Waals surface area contributed by atoms with Gasteiger partial charge in [0.2, 0.25) is 11.6 Å². The van der Waals surface area contributed by atoms with Crippen LogP contribution in [0.1, 0.15) is 17.3 Å². The first kappa shape index (κ1) is 21.3. The van der Waals surface area contributed by atoms with Crippen LogP contribution in [0.15, 0.2) is 48.8 Å². The quantitative estimate of drug-likeness (QED) is 0.282. The standard InChI is InChI=1S/C19H15Cl2N5O4/c1-2-30-19(27)11-6-3-4-8-13(11)24-17-16(26(28)29)18(23-10-22-17)25-14-9-5-7-12(20)15(14)21/h3-10H,2H2,1H3,(H2,22,23,24,25). The van der Waals surface area contributed by atoms with Crippen LogP contribution in [0.2, 0.25) is 10.0 Å². The number of hydrogen-bond donors (Lipinski definition) is 2. The number of esters is 1. The minimum Gasteiger partial charge on any atom is -0.462 e. The van der Waals surface area contributed by atoms with Crippen LogP contribution >= 0.6 is 23.2 Å². The highest BCUT2D eigenvalue weighted by molar-refractivity contribution is 6.43. The van der Waals surface area contributed by atoms with Crippen molar-refractivity contribution in [3.8, 4) is 0 Å². The highest BCUT2D eigenvalue weighted by atomic mass is 35.5. The molecule has 154 valence electrons. The Morgan fingerprint density at radius 2 is 1.70 bits per heavy atom. The molecule has 0 saturated carbocycles. The minimum atomic E-state index is -0.643. The second-order valence-electron chi connectivity index (χ2n) is 5.79. The summed E-state index contributed by atoms with van der Waals surface area (Å²) in [6.07, 6.45) is 1.14. The van der Waals surface area contributed by atoms with Gasteiger partial charge in [-0.1, -0.05) is 41.4 Å². The van der Waals surface area contributed by atoms with Crippen molar-refractivity contribution in [2.24, 2.45) is 0 Å². The second kappa shape index (κ2) is 9.38. The summed E-state index contributed by atoms with van der Waals surface area (Å²) in [7, 11) is 0. The molecule has 3 rings (SSSR count). The molecule has 0 fully saturated rings. The number of carbonyl (C=O) groups is 1. The third-order valence-corrected chi connectivity index (χ3v) is 4.70. The number of aromatic nitrogens is 2. The summed E-state index contributed by atoms with van der Waals surface area (Å²) in [6, 6.07) is 11.3. The van der Waals surface area contributed by atoms with Gasteiger partial charge in [0.15, 0.2) is 0 Å². The van der Waals surface area contributed by atoms with Gasteiger partial charge in [-0.15, -0.1) is 0 Å². The lowest BCUT2D eigenvalue weighted by Gasteiger charge is -2.13. The molecular formula is C19H15Cl2N5O4. The number of ether oxygens (including phenoxy) is 1. The van der Waals surface area contributed by atoms with Gasteiger partial charge in [0.25, 0.3) is 0 Å². The summed E-state index contributed by atoms with van der Waals surface area (Å²) < 4.78 is 5.03. The van der Waals surface area contributed by atoms with Crippen LogP contribution in [0.3, 0.4) is 0 Å². The van der Waals surface area contributed by atoms with Crippen molar-refractivity contribution in [3.63, 3.8) is 0 Å². The number of halogens is 2. The summed E-state index contributed by atoms with van der Waals surface area (Å²) in [5, 5.41) is 17.9. The van der Waals surface area contributed by atoms with E-state index in [4.69, 9.17) is 27.9 Å². The maximum Gasteiger partial charge on any atom is 0.353 e. The smallest absolute Gasteiger partial charge is 0.353 e. The third kappa shape index (κ3) is 4.58. The van der Waals surface area contributed by atoms with E-state index in [1.807, 2.05) is 0 Å². The van der Waals surface area contributed by atoms with Gasteiger partial charge >= 0.3 is 11.7 Å². The number of benzene rings is 2. The molecule has 2 aromatic carbocycles. The first-order valence-electron chi connectivity index (χ1n) is 8.66. The maximum absolute atomic E-state index is 12.2. The van der Waals surface area contributed by atoms with Gasteiger partial charge < -0.3 is 15.4 Å². The van der Waals surface area contributed by atoms with Crippen LogP contribution in [0.25, 0.3) is 0 Å². The first-order valence-corrected chi connectivity index (χ1v) is 9.41. The van der Waals surface area contributed by atoms with Gasteiger partial charge in [-0.25, -0.2) is 14.8 Å². The molecule has 0 saturated heterocycles. The zero-order valence-electron chi connectivity index (χ0n) is 15.6. The molecule has 30 heavy (non-hydrogen) atoms. The molecule has 11 heteroatoms. The lowest BCUT2D eigenvalue weighted by molar-refractivity contribution is -0.383. The van der Waals surface area contributed by atoms with Crippen molar-refractivity contribution < 1.29 is 14.5 Å². The highest BCUT2D eigenvalue weighted by Crippen LogP contribution is 2.37. The lowest BCUT2D eigenvalue weighted by Crippen LogP contribution is -2.10. The average molecular weight is 448 g/mol. The van der Waals surface area contributed by atoms with Gasteiger partial charge in [0.1, 0.15) is 6.33 Å². The second-order valence-corrected chi connectivity index (χ2v) is 6.58. The largest absolute Gasteiger partial charge is 0.462 e. The molecule has 0 aliphatic rings. The number of anilines is 4.